The van der Waals surface area contributed by atoms with E-state index in [-0.39, 0.29) is 5.56 Å². The van der Waals surface area contributed by atoms with E-state index in [0.717, 1.165) is 23.5 Å². The van der Waals surface area contributed by atoms with Crippen molar-refractivity contribution in [2.45, 2.75) is 128 Å². The lowest BCUT2D eigenvalue weighted by Gasteiger charge is -2.37. The van der Waals surface area contributed by atoms with Gasteiger partial charge in [0, 0.05) is 6.61 Å². The molecule has 5 nitrogen and oxygen atoms in total. The third kappa shape index (κ3) is 8.38. The van der Waals surface area contributed by atoms with Crippen LogP contribution in [0.4, 0.5) is 0 Å². The third-order valence-electron chi connectivity index (χ3n) is 7.37. The van der Waals surface area contributed by atoms with Crippen LogP contribution in [0.25, 0.3) is 0 Å². The van der Waals surface area contributed by atoms with Crippen LogP contribution in [0.5, 0.6) is 0 Å². The van der Waals surface area contributed by atoms with Gasteiger partial charge in [0.25, 0.3) is 0 Å². The summed E-state index contributed by atoms with van der Waals surface area (Å²) in [7, 11) is 0. The van der Waals surface area contributed by atoms with E-state index >= 15 is 0 Å². The van der Waals surface area contributed by atoms with Crippen molar-refractivity contribution in [1.82, 2.24) is 5.06 Å². The van der Waals surface area contributed by atoms with E-state index in [1.807, 2.05) is 13.8 Å². The quantitative estimate of drug-likeness (QED) is 0.240. The van der Waals surface area contributed by atoms with Gasteiger partial charge >= 0.3 is 5.97 Å². The highest BCUT2D eigenvalue weighted by molar-refractivity contribution is 5.87. The molecule has 1 fully saturated rings. The van der Waals surface area contributed by atoms with Crippen molar-refractivity contribution in [3.63, 3.8) is 0 Å². The summed E-state index contributed by atoms with van der Waals surface area (Å²) in [5.41, 5.74) is -0.436. The predicted molar refractivity (Wildman–Crippen MR) is 133 cm³/mol. The Bertz CT molecular complexity index is 692. The summed E-state index contributed by atoms with van der Waals surface area (Å²) >= 11 is 0. The minimum atomic E-state index is -0.955. The number of unbranched alkanes of at least 4 members (excludes halogenated alkanes) is 12. The lowest BCUT2D eigenvalue weighted by Crippen LogP contribution is -2.48. The first-order valence-electron chi connectivity index (χ1n) is 13.3. The highest BCUT2D eigenvalue weighted by Crippen LogP contribution is 2.46. The molecule has 0 amide bonds. The van der Waals surface area contributed by atoms with Crippen molar-refractivity contribution in [3.05, 3.63) is 35.4 Å². The molecule has 1 heterocycles. The van der Waals surface area contributed by atoms with Crippen molar-refractivity contribution in [2.24, 2.45) is 0 Å². The second-order valence-corrected chi connectivity index (χ2v) is 10.2. The van der Waals surface area contributed by atoms with Crippen LogP contribution in [0.1, 0.15) is 133 Å². The van der Waals surface area contributed by atoms with Crippen molar-refractivity contribution < 1.29 is 19.8 Å². The number of carboxylic acid groups (broad SMARTS) is 1. The summed E-state index contributed by atoms with van der Waals surface area (Å²) in [4.78, 5) is 11.1. The number of benzene rings is 1. The molecule has 2 atom stereocenters. The molecule has 33 heavy (non-hydrogen) atoms. The number of carbonyl (C=O) groups is 1. The summed E-state index contributed by atoms with van der Waals surface area (Å²) in [6.45, 7) is 6.69. The second-order valence-electron chi connectivity index (χ2n) is 10.2. The number of carboxylic acids is 1. The summed E-state index contributed by atoms with van der Waals surface area (Å²) in [5, 5.41) is 23.4. The number of nitrogens with zero attached hydrogens (tertiary/aromatic N) is 1. The Morgan fingerprint density at radius 3 is 1.82 bits per heavy atom. The summed E-state index contributed by atoms with van der Waals surface area (Å²) in [6, 6.07) is 6.65. The standard InChI is InChI=1S/C28H46NO4/c1-4-5-6-7-8-9-10-11-12-13-14-15-16-23-33-28(3)22-21-27(2,29(28)32)25-19-17-24(18-20-25)26(30)31/h17-20H,4-16,21-23H2,1-3H3,(H,30,31)/t27-,28+/m0/s1. The average Bonchev–Trinajstić information content (AvgIpc) is 3.05. The van der Waals surface area contributed by atoms with Crippen LogP contribution in [0.2, 0.25) is 0 Å². The average molecular weight is 461 g/mol. The first-order valence-corrected chi connectivity index (χ1v) is 13.3. The van der Waals surface area contributed by atoms with E-state index in [0.29, 0.717) is 19.4 Å². The van der Waals surface area contributed by atoms with Gasteiger partial charge in [0.15, 0.2) is 0 Å². The molecule has 0 spiro atoms. The molecule has 0 unspecified atom stereocenters. The monoisotopic (exact) mass is 460 g/mol. The predicted octanol–water partition coefficient (Wildman–Crippen LogP) is 7.87. The Labute approximate surface area is 201 Å². The van der Waals surface area contributed by atoms with E-state index in [1.165, 1.54) is 70.6 Å². The molecule has 0 saturated carbocycles. The Balaban J connectivity index is 1.59. The van der Waals surface area contributed by atoms with Gasteiger partial charge in [-0.1, -0.05) is 96.1 Å². The molecular weight excluding hydrogens is 414 g/mol. The maximum atomic E-state index is 13.2. The van der Waals surface area contributed by atoms with E-state index < -0.39 is 17.2 Å². The van der Waals surface area contributed by atoms with Crippen LogP contribution < -0.4 is 0 Å². The molecule has 187 valence electrons. The fourth-order valence-electron chi connectivity index (χ4n) is 4.98. The molecule has 1 N–H and O–H groups in total. The molecule has 1 aromatic rings. The van der Waals surface area contributed by atoms with Crippen LogP contribution >= 0.6 is 0 Å². The second kappa shape index (κ2) is 14.1. The van der Waals surface area contributed by atoms with Crippen LogP contribution in [0, 0.1) is 0 Å². The van der Waals surface area contributed by atoms with Gasteiger partial charge in [-0.25, -0.2) is 4.79 Å². The Morgan fingerprint density at radius 2 is 1.33 bits per heavy atom. The first kappa shape index (κ1) is 27.8. The van der Waals surface area contributed by atoms with E-state index in [1.54, 1.807) is 24.3 Å². The topological polar surface area (TPSA) is 69.7 Å². The van der Waals surface area contributed by atoms with Crippen molar-refractivity contribution in [2.75, 3.05) is 6.61 Å². The molecule has 5 heteroatoms. The Morgan fingerprint density at radius 1 is 0.848 bits per heavy atom. The maximum absolute atomic E-state index is 13.2. The molecule has 1 aromatic carbocycles. The summed E-state index contributed by atoms with van der Waals surface area (Å²) in [6.07, 6.45) is 18.4. The molecule has 1 aliphatic rings. The zero-order valence-electron chi connectivity index (χ0n) is 21.2. The van der Waals surface area contributed by atoms with Crippen molar-refractivity contribution in [3.8, 4) is 0 Å². The van der Waals surface area contributed by atoms with Gasteiger partial charge in [0.1, 0.15) is 5.72 Å². The SMILES string of the molecule is CCCCCCCCCCCCCCCO[C@]1(C)CC[C@@](C)(c2ccc(C(=O)O)cc2)N1[O]. The smallest absolute Gasteiger partial charge is 0.335 e. The van der Waals surface area contributed by atoms with Crippen LogP contribution in [-0.2, 0) is 15.5 Å². The fourth-order valence-corrected chi connectivity index (χ4v) is 4.98. The Kier molecular flexibility index (Phi) is 11.9. The van der Waals surface area contributed by atoms with E-state index in [9.17, 15) is 10.0 Å². The molecule has 0 aromatic heterocycles. The number of ether oxygens (including phenoxy) is 1. The minimum absolute atomic E-state index is 0.235. The largest absolute Gasteiger partial charge is 0.478 e. The molecule has 1 aliphatic heterocycles. The van der Waals surface area contributed by atoms with Gasteiger partial charge < -0.3 is 9.84 Å². The number of hydroxylamine groups is 2. The number of hydrogen-bond donors (Lipinski definition) is 1. The zero-order valence-corrected chi connectivity index (χ0v) is 21.2. The molecule has 2 rings (SSSR count). The molecule has 0 bridgehead atoms. The van der Waals surface area contributed by atoms with Gasteiger partial charge in [-0.2, -0.15) is 0 Å². The minimum Gasteiger partial charge on any atom is -0.478 e. The normalized spacial score (nSPS) is 23.3. The summed E-state index contributed by atoms with van der Waals surface area (Å²) in [5.74, 6) is -0.955. The van der Waals surface area contributed by atoms with Crippen molar-refractivity contribution in [1.29, 1.82) is 0 Å². The maximum Gasteiger partial charge on any atom is 0.335 e. The van der Waals surface area contributed by atoms with Crippen LogP contribution in [-0.4, -0.2) is 28.5 Å². The lowest BCUT2D eigenvalue weighted by atomic mass is 9.90. The van der Waals surface area contributed by atoms with Crippen LogP contribution in [0.3, 0.4) is 0 Å². The molecule has 1 saturated heterocycles. The highest BCUT2D eigenvalue weighted by atomic mass is 16.6. The van der Waals surface area contributed by atoms with Gasteiger partial charge in [0.05, 0.1) is 11.1 Å². The Hall–Kier alpha value is -1.43. The molecular formula is C28H46NO4. The highest BCUT2D eigenvalue weighted by Gasteiger charge is 2.52. The summed E-state index contributed by atoms with van der Waals surface area (Å²) < 4.78 is 6.10. The van der Waals surface area contributed by atoms with Crippen molar-refractivity contribution >= 4 is 5.97 Å². The fraction of sp³-hybridized carbons (Fsp3) is 0.750. The van der Waals surface area contributed by atoms with Gasteiger partial charge in [-0.05, 0) is 50.8 Å². The van der Waals surface area contributed by atoms with Gasteiger partial charge in [0.2, 0.25) is 0 Å². The van der Waals surface area contributed by atoms with Gasteiger partial charge in [-0.15, -0.1) is 10.3 Å². The lowest BCUT2D eigenvalue weighted by molar-refractivity contribution is -0.327. The third-order valence-corrected chi connectivity index (χ3v) is 7.37. The van der Waals surface area contributed by atoms with Gasteiger partial charge in [-0.3, -0.25) is 0 Å². The first-order chi connectivity index (χ1) is 15.8. The number of hydrogen-bond acceptors (Lipinski definition) is 3. The molecule has 0 aliphatic carbocycles. The van der Waals surface area contributed by atoms with E-state index in [4.69, 9.17) is 9.84 Å². The number of rotatable bonds is 17. The molecule has 1 radical (unpaired) electrons. The zero-order chi connectivity index (χ0) is 24.2. The van der Waals surface area contributed by atoms with E-state index in [2.05, 4.69) is 6.92 Å². The van der Waals surface area contributed by atoms with Crippen LogP contribution in [0.15, 0.2) is 24.3 Å². The number of aromatic carboxylic acids is 1.